The Balaban J connectivity index is 4.27. The van der Waals surface area contributed by atoms with Crippen molar-refractivity contribution in [1.29, 1.82) is 0 Å². The van der Waals surface area contributed by atoms with Gasteiger partial charge in [0.05, 0.1) is 0 Å². The number of rotatable bonds is 58. The Hall–Kier alpha value is -1.59. The van der Waals surface area contributed by atoms with Crippen LogP contribution < -0.4 is 0 Å². The molecular formula is C65H126O6. The molecule has 0 rings (SSSR count). The molecule has 0 saturated heterocycles. The average molecular weight is 1000 g/mol. The molecule has 0 spiro atoms. The minimum atomic E-state index is -0.765. The van der Waals surface area contributed by atoms with Crippen LogP contribution in [-0.4, -0.2) is 37.2 Å². The number of unbranched alkanes of at least 4 members (excludes halogenated alkanes) is 40. The largest absolute Gasteiger partial charge is 0.462 e. The van der Waals surface area contributed by atoms with Gasteiger partial charge in [-0.2, -0.15) is 0 Å². The average Bonchev–Trinajstić information content (AvgIpc) is 3.35. The predicted octanol–water partition coefficient (Wildman–Crippen LogP) is 21.5. The van der Waals surface area contributed by atoms with Gasteiger partial charge in [-0.05, 0) is 37.0 Å². The first-order chi connectivity index (χ1) is 34.6. The molecular weight excluding hydrogens is 877 g/mol. The Morgan fingerprint density at radius 2 is 0.493 bits per heavy atom. The third kappa shape index (κ3) is 57.5. The summed E-state index contributed by atoms with van der Waals surface area (Å²) in [6.45, 7) is 13.8. The molecule has 6 heteroatoms. The van der Waals surface area contributed by atoms with Gasteiger partial charge in [0.15, 0.2) is 6.10 Å². The Morgan fingerprint density at radius 3 is 0.732 bits per heavy atom. The summed E-state index contributed by atoms with van der Waals surface area (Å²) >= 11 is 0. The van der Waals surface area contributed by atoms with E-state index < -0.39 is 6.10 Å². The number of hydrogen-bond acceptors (Lipinski definition) is 6. The van der Waals surface area contributed by atoms with Crippen LogP contribution in [0.2, 0.25) is 0 Å². The molecule has 0 aliphatic carbocycles. The normalized spacial score (nSPS) is 12.5. The number of esters is 3. The Labute approximate surface area is 444 Å². The minimum Gasteiger partial charge on any atom is -0.462 e. The van der Waals surface area contributed by atoms with Crippen LogP contribution in [0.3, 0.4) is 0 Å². The number of carbonyl (C=O) groups is 3. The molecule has 0 aliphatic heterocycles. The van der Waals surface area contributed by atoms with Gasteiger partial charge in [-0.1, -0.05) is 324 Å². The first-order valence-electron chi connectivity index (χ1n) is 32.1. The van der Waals surface area contributed by atoms with Crippen LogP contribution in [0.25, 0.3) is 0 Å². The van der Waals surface area contributed by atoms with Gasteiger partial charge in [-0.25, -0.2) is 0 Å². The molecule has 6 nitrogen and oxygen atoms in total. The number of ether oxygens (including phenoxy) is 3. The van der Waals surface area contributed by atoms with E-state index in [9.17, 15) is 14.4 Å². The predicted molar refractivity (Wildman–Crippen MR) is 307 cm³/mol. The summed E-state index contributed by atoms with van der Waals surface area (Å²) in [5.74, 6) is 1.74. The van der Waals surface area contributed by atoms with Crippen molar-refractivity contribution in [2.75, 3.05) is 13.2 Å². The molecule has 0 aromatic heterocycles. The highest BCUT2D eigenvalue weighted by Crippen LogP contribution is 2.19. The lowest BCUT2D eigenvalue weighted by Crippen LogP contribution is -2.30. The molecule has 1 unspecified atom stereocenters. The molecule has 0 bridgehead atoms. The van der Waals surface area contributed by atoms with E-state index >= 15 is 0 Å². The van der Waals surface area contributed by atoms with E-state index in [1.807, 2.05) is 0 Å². The van der Waals surface area contributed by atoms with E-state index in [4.69, 9.17) is 14.2 Å². The van der Waals surface area contributed by atoms with E-state index in [0.717, 1.165) is 75.5 Å². The molecule has 0 N–H and O–H groups in total. The Kier molecular flexibility index (Phi) is 54.9. The van der Waals surface area contributed by atoms with Crippen LogP contribution in [0, 0.1) is 17.8 Å². The maximum atomic E-state index is 12.9. The summed E-state index contributed by atoms with van der Waals surface area (Å²) in [6, 6.07) is 0. The first-order valence-corrected chi connectivity index (χ1v) is 32.1. The maximum absolute atomic E-state index is 12.9. The summed E-state index contributed by atoms with van der Waals surface area (Å²) in [7, 11) is 0. The zero-order chi connectivity index (χ0) is 51.9. The molecule has 0 radical (unpaired) electrons. The Bertz CT molecular complexity index is 1100. The second-order valence-corrected chi connectivity index (χ2v) is 23.6. The molecule has 422 valence electrons. The van der Waals surface area contributed by atoms with Gasteiger partial charge in [-0.3, -0.25) is 14.4 Å². The molecule has 2 atom stereocenters. The zero-order valence-electron chi connectivity index (χ0n) is 49.0. The molecule has 71 heavy (non-hydrogen) atoms. The Morgan fingerprint density at radius 1 is 0.282 bits per heavy atom. The van der Waals surface area contributed by atoms with Crippen molar-refractivity contribution in [3.05, 3.63) is 0 Å². The van der Waals surface area contributed by atoms with Crippen LogP contribution in [0.5, 0.6) is 0 Å². The highest BCUT2D eigenvalue weighted by Gasteiger charge is 2.19. The molecule has 0 aliphatic rings. The van der Waals surface area contributed by atoms with Crippen molar-refractivity contribution >= 4 is 17.9 Å². The lowest BCUT2D eigenvalue weighted by molar-refractivity contribution is -0.167. The van der Waals surface area contributed by atoms with E-state index in [0.29, 0.717) is 19.3 Å². The smallest absolute Gasteiger partial charge is 0.306 e. The van der Waals surface area contributed by atoms with Crippen molar-refractivity contribution in [2.45, 2.75) is 369 Å². The summed E-state index contributed by atoms with van der Waals surface area (Å²) in [5.41, 5.74) is 0. The van der Waals surface area contributed by atoms with E-state index in [1.54, 1.807) is 0 Å². The van der Waals surface area contributed by atoms with E-state index in [-0.39, 0.29) is 31.1 Å². The monoisotopic (exact) mass is 1000 g/mol. The number of carbonyl (C=O) groups excluding carboxylic acids is 3. The third-order valence-corrected chi connectivity index (χ3v) is 15.3. The van der Waals surface area contributed by atoms with Crippen LogP contribution in [0.4, 0.5) is 0 Å². The fourth-order valence-corrected chi connectivity index (χ4v) is 10.0. The molecule has 0 amide bonds. The minimum absolute atomic E-state index is 0.0627. The highest BCUT2D eigenvalue weighted by atomic mass is 16.6. The van der Waals surface area contributed by atoms with Gasteiger partial charge in [0.25, 0.3) is 0 Å². The van der Waals surface area contributed by atoms with Gasteiger partial charge in [0.2, 0.25) is 0 Å². The zero-order valence-corrected chi connectivity index (χ0v) is 49.0. The van der Waals surface area contributed by atoms with E-state index in [2.05, 4.69) is 41.5 Å². The van der Waals surface area contributed by atoms with Crippen LogP contribution in [0.15, 0.2) is 0 Å². The van der Waals surface area contributed by atoms with Crippen LogP contribution >= 0.6 is 0 Å². The topological polar surface area (TPSA) is 78.9 Å². The highest BCUT2D eigenvalue weighted by molar-refractivity contribution is 5.71. The van der Waals surface area contributed by atoms with Crippen molar-refractivity contribution in [3.63, 3.8) is 0 Å². The summed E-state index contributed by atoms with van der Waals surface area (Å²) in [5, 5.41) is 0. The SMILES string of the molecule is CCC(C)CCCCCCCCCCCCC(=O)OC[C@H](COC(=O)CCCCCCCCCCCCCCCCCCCCC(C)C)OC(=O)CCCCCCCCCCCCCCCCCC(C)C. The lowest BCUT2D eigenvalue weighted by Gasteiger charge is -2.18. The fourth-order valence-electron chi connectivity index (χ4n) is 10.0. The summed E-state index contributed by atoms with van der Waals surface area (Å²) in [6.07, 6.45) is 61.0. The summed E-state index contributed by atoms with van der Waals surface area (Å²) < 4.78 is 17.0. The maximum Gasteiger partial charge on any atom is 0.306 e. The van der Waals surface area contributed by atoms with E-state index in [1.165, 1.54) is 244 Å². The van der Waals surface area contributed by atoms with Gasteiger partial charge in [0, 0.05) is 19.3 Å². The lowest BCUT2D eigenvalue weighted by atomic mass is 9.99. The molecule has 0 aromatic carbocycles. The standard InChI is InChI=1S/C65H126O6/c1-7-61(6)53-47-41-35-29-25-26-31-37-43-49-55-64(67)70-58-62(71-65(68)56-50-44-38-32-24-20-16-12-14-18-22-28-34-40-46-52-60(4)5)57-69-63(66)54-48-42-36-30-23-19-15-11-9-8-10-13-17-21-27-33-39-45-51-59(2)3/h59-62H,7-58H2,1-6H3/t61?,62-/m0/s1. The first kappa shape index (κ1) is 69.4. The quantitative estimate of drug-likeness (QED) is 0.0343. The van der Waals surface area contributed by atoms with Crippen LogP contribution in [0.1, 0.15) is 363 Å². The second kappa shape index (κ2) is 56.1. The number of hydrogen-bond donors (Lipinski definition) is 0. The molecule has 0 fully saturated rings. The summed E-state index contributed by atoms with van der Waals surface area (Å²) in [4.78, 5) is 38.3. The van der Waals surface area contributed by atoms with Crippen LogP contribution in [-0.2, 0) is 28.6 Å². The fraction of sp³-hybridized carbons (Fsp3) is 0.954. The van der Waals surface area contributed by atoms with Crippen molar-refractivity contribution < 1.29 is 28.6 Å². The third-order valence-electron chi connectivity index (χ3n) is 15.3. The molecule has 0 saturated carbocycles. The van der Waals surface area contributed by atoms with Crippen molar-refractivity contribution in [2.24, 2.45) is 17.8 Å². The van der Waals surface area contributed by atoms with Crippen molar-refractivity contribution in [3.8, 4) is 0 Å². The van der Waals surface area contributed by atoms with Gasteiger partial charge < -0.3 is 14.2 Å². The molecule has 0 aromatic rings. The van der Waals surface area contributed by atoms with Gasteiger partial charge >= 0.3 is 17.9 Å². The van der Waals surface area contributed by atoms with Gasteiger partial charge in [-0.15, -0.1) is 0 Å². The second-order valence-electron chi connectivity index (χ2n) is 23.6. The van der Waals surface area contributed by atoms with Crippen molar-refractivity contribution in [1.82, 2.24) is 0 Å². The van der Waals surface area contributed by atoms with Gasteiger partial charge in [0.1, 0.15) is 13.2 Å². The molecule has 0 heterocycles.